The maximum atomic E-state index is 8.72. The van der Waals surface area contributed by atoms with Crippen molar-refractivity contribution in [1.82, 2.24) is 48.3 Å². The van der Waals surface area contributed by atoms with Crippen molar-refractivity contribution in [3.05, 3.63) is 200 Å². The van der Waals surface area contributed by atoms with Gasteiger partial charge in [-0.2, -0.15) is 0 Å². The Morgan fingerprint density at radius 1 is 0.579 bits per heavy atom. The van der Waals surface area contributed by atoms with Crippen LogP contribution in [0.5, 0.6) is 0 Å². The third-order valence-electron chi connectivity index (χ3n) is 14.9. The van der Waals surface area contributed by atoms with Crippen LogP contribution >= 0.6 is 0 Å². The molecule has 0 aliphatic carbocycles. The fourth-order valence-electron chi connectivity index (χ4n) is 10.9. The maximum absolute atomic E-state index is 8.72. The first-order valence-electron chi connectivity index (χ1n) is 25.0. The summed E-state index contributed by atoms with van der Waals surface area (Å²) in [5.41, 5.74) is 20.5. The lowest BCUT2D eigenvalue weighted by Crippen LogP contribution is -2.24. The average molecular weight is 987 g/mol. The van der Waals surface area contributed by atoms with E-state index in [2.05, 4.69) is 171 Å². The van der Waals surface area contributed by atoms with E-state index in [4.69, 9.17) is 30.2 Å². The first kappa shape index (κ1) is 44.4. The van der Waals surface area contributed by atoms with Gasteiger partial charge in [-0.15, -0.1) is 10.2 Å². The van der Waals surface area contributed by atoms with E-state index in [0.29, 0.717) is 5.56 Å². The molecule has 13 nitrogen and oxygen atoms in total. The zero-order chi connectivity index (χ0) is 51.3. The van der Waals surface area contributed by atoms with Crippen LogP contribution in [0.3, 0.4) is 0 Å². The van der Waals surface area contributed by atoms with Gasteiger partial charge in [0.2, 0.25) is 0 Å². The zero-order valence-electron chi connectivity index (χ0n) is 41.9. The predicted molar refractivity (Wildman–Crippen MR) is 305 cm³/mol. The lowest BCUT2D eigenvalue weighted by molar-refractivity contribution is 0.669. The van der Waals surface area contributed by atoms with Gasteiger partial charge in [0.05, 0.1) is 56.7 Å². The summed E-state index contributed by atoms with van der Waals surface area (Å²) in [6.07, 6.45) is 4.72. The molecular formula is C63H46N12O. The average Bonchev–Trinajstić information content (AvgIpc) is 4.30. The molecule has 0 spiro atoms. The number of hydrogen-bond donors (Lipinski definition) is 2. The second kappa shape index (κ2) is 17.2. The largest absolute Gasteiger partial charge is 0.456 e. The second-order valence-corrected chi connectivity index (χ2v) is 19.3. The van der Waals surface area contributed by atoms with Crippen LogP contribution in [-0.2, 0) is 14.1 Å². The van der Waals surface area contributed by atoms with E-state index in [1.165, 1.54) is 10.6 Å². The van der Waals surface area contributed by atoms with Crippen molar-refractivity contribution in [3.63, 3.8) is 0 Å². The van der Waals surface area contributed by atoms with Gasteiger partial charge in [-0.1, -0.05) is 60.7 Å². The summed E-state index contributed by atoms with van der Waals surface area (Å²) in [5.74, 6) is 1.04. The fraction of sp³-hybridized carbons (Fsp3) is 0.0635. The van der Waals surface area contributed by atoms with Gasteiger partial charge in [0, 0.05) is 82.7 Å². The topological polar surface area (TPSA) is 148 Å². The van der Waals surface area contributed by atoms with Gasteiger partial charge in [0.1, 0.15) is 34.4 Å². The zero-order valence-corrected chi connectivity index (χ0v) is 41.9. The molecule has 2 N–H and O–H groups in total. The third-order valence-corrected chi connectivity index (χ3v) is 14.9. The molecule has 8 heterocycles. The Labute approximate surface area is 435 Å². The molecule has 13 heteroatoms. The summed E-state index contributed by atoms with van der Waals surface area (Å²) in [5, 5.41) is 27.9. The molecule has 0 atom stereocenters. The highest BCUT2D eigenvalue weighted by Crippen LogP contribution is 2.41. The van der Waals surface area contributed by atoms with E-state index in [0.717, 1.165) is 140 Å². The number of nitrogens with zero attached hydrogens (tertiary/aromatic N) is 10. The normalized spacial score (nSPS) is 11.8. The SMILES string of the molecule is Cc1ccc(-c2ccccc2-n2c3ccc(-c4cccc(C(=N)N(C)C=N)c4)nc3c3nc(-c4ccc5oc6ccc(-n7c8ccc(-c9cccc(-c%10nncn%10C)c9)cc8c8ncccc87)cc6c5c4)ccc32)n1C. The minimum absolute atomic E-state index is 0.226. The van der Waals surface area contributed by atoms with E-state index in [9.17, 15) is 0 Å². The van der Waals surface area contributed by atoms with Gasteiger partial charge in [-0.25, -0.2) is 9.97 Å². The summed E-state index contributed by atoms with van der Waals surface area (Å²) in [4.78, 5) is 17.3. The van der Waals surface area contributed by atoms with Gasteiger partial charge >= 0.3 is 0 Å². The van der Waals surface area contributed by atoms with Crippen LogP contribution in [0.4, 0.5) is 0 Å². The Morgan fingerprint density at radius 3 is 2.01 bits per heavy atom. The van der Waals surface area contributed by atoms with Crippen LogP contribution in [0.1, 0.15) is 11.3 Å². The molecule has 0 saturated heterocycles. The highest BCUT2D eigenvalue weighted by atomic mass is 16.3. The Balaban J connectivity index is 0.904. The van der Waals surface area contributed by atoms with E-state index >= 15 is 0 Å². The molecule has 364 valence electrons. The molecular weight excluding hydrogens is 941 g/mol. The van der Waals surface area contributed by atoms with Gasteiger partial charge in [0.25, 0.3) is 0 Å². The number of hydrogen-bond acceptors (Lipinski definition) is 8. The molecule has 8 aromatic heterocycles. The molecule has 76 heavy (non-hydrogen) atoms. The number of aryl methyl sites for hydroxylation is 2. The van der Waals surface area contributed by atoms with Crippen LogP contribution in [0.15, 0.2) is 193 Å². The minimum Gasteiger partial charge on any atom is -0.456 e. The van der Waals surface area contributed by atoms with Crippen molar-refractivity contribution in [3.8, 4) is 67.7 Å². The van der Waals surface area contributed by atoms with E-state index in [1.54, 1.807) is 13.4 Å². The van der Waals surface area contributed by atoms with Crippen LogP contribution in [0.2, 0.25) is 0 Å². The smallest absolute Gasteiger partial charge is 0.163 e. The van der Waals surface area contributed by atoms with Gasteiger partial charge in [-0.3, -0.25) is 15.8 Å². The first-order chi connectivity index (χ1) is 37.2. The number of benzene rings is 6. The van der Waals surface area contributed by atoms with E-state index < -0.39 is 0 Å². The maximum Gasteiger partial charge on any atom is 0.163 e. The Hall–Kier alpha value is -10.3. The number of rotatable bonds is 9. The number of aromatic nitrogens is 9. The number of para-hydroxylation sites is 1. The summed E-state index contributed by atoms with van der Waals surface area (Å²) in [7, 11) is 5.76. The molecule has 0 fully saturated rings. The fourth-order valence-corrected chi connectivity index (χ4v) is 10.9. The Kier molecular flexibility index (Phi) is 10.0. The number of nitrogens with one attached hydrogen (secondary N) is 2. The molecule has 0 saturated carbocycles. The number of amidine groups is 1. The summed E-state index contributed by atoms with van der Waals surface area (Å²) >= 11 is 0. The number of furan rings is 1. The third kappa shape index (κ3) is 6.97. The molecule has 0 radical (unpaired) electrons. The van der Waals surface area contributed by atoms with E-state index in [1.807, 2.05) is 60.3 Å². The molecule has 0 amide bonds. The highest BCUT2D eigenvalue weighted by Gasteiger charge is 2.22. The molecule has 6 aromatic carbocycles. The van der Waals surface area contributed by atoms with Crippen LogP contribution < -0.4 is 0 Å². The molecule has 0 aliphatic rings. The highest BCUT2D eigenvalue weighted by molar-refractivity contribution is 6.11. The Morgan fingerprint density at radius 2 is 1.25 bits per heavy atom. The molecule has 14 aromatic rings. The predicted octanol–water partition coefficient (Wildman–Crippen LogP) is 13.9. The van der Waals surface area contributed by atoms with Gasteiger partial charge in [0.15, 0.2) is 5.82 Å². The number of pyridine rings is 3. The summed E-state index contributed by atoms with van der Waals surface area (Å²) < 4.78 is 15.3. The molecule has 0 aliphatic heterocycles. The van der Waals surface area contributed by atoms with Crippen molar-refractivity contribution >= 4 is 78.1 Å². The Bertz CT molecular complexity index is 4720. The lowest BCUT2D eigenvalue weighted by atomic mass is 10.0. The van der Waals surface area contributed by atoms with Crippen molar-refractivity contribution in [2.75, 3.05) is 7.05 Å². The van der Waals surface area contributed by atoms with Crippen molar-refractivity contribution < 1.29 is 4.42 Å². The van der Waals surface area contributed by atoms with Crippen molar-refractivity contribution in [2.45, 2.75) is 6.92 Å². The minimum atomic E-state index is 0.226. The second-order valence-electron chi connectivity index (χ2n) is 19.3. The molecule has 0 unspecified atom stereocenters. The standard InChI is InChI=1S/C63H46N12O/c1-37-17-23-51(73(37)4)45-14-5-6-15-52(45)75-55-25-21-49(40-11-8-12-42(31-40)62(65)71(2)35-64)68-60(55)61-56(75)26-22-50(69-61)41-19-27-57-46(33-41)47-34-44(20-28-58(47)76-57)74-53-24-18-39(32-48(53)59-54(74)16-9-29-66-59)38-10-7-13-43(30-38)63-70-67-36-72(63)3/h5-36,64-65H,1-4H3. The molecule has 14 rings (SSSR count). The van der Waals surface area contributed by atoms with Crippen LogP contribution in [0, 0.1) is 17.7 Å². The van der Waals surface area contributed by atoms with E-state index in [-0.39, 0.29) is 5.84 Å². The van der Waals surface area contributed by atoms with Crippen molar-refractivity contribution in [2.24, 2.45) is 14.1 Å². The summed E-state index contributed by atoms with van der Waals surface area (Å²) in [6.45, 7) is 2.12. The monoisotopic (exact) mass is 986 g/mol. The summed E-state index contributed by atoms with van der Waals surface area (Å²) in [6, 6.07) is 60.9. The van der Waals surface area contributed by atoms with Gasteiger partial charge < -0.3 is 27.6 Å². The number of fused-ring (bicyclic) bond motifs is 9. The molecule has 0 bridgehead atoms. The van der Waals surface area contributed by atoms with Gasteiger partial charge in [-0.05, 0) is 133 Å². The quantitative estimate of drug-likeness (QED) is 0.108. The van der Waals surface area contributed by atoms with Crippen molar-refractivity contribution in [1.29, 1.82) is 10.8 Å². The first-order valence-corrected chi connectivity index (χ1v) is 25.0. The van der Waals surface area contributed by atoms with Crippen LogP contribution in [0.25, 0.3) is 134 Å². The lowest BCUT2D eigenvalue weighted by Gasteiger charge is -2.15. The van der Waals surface area contributed by atoms with Crippen LogP contribution in [-0.4, -0.2) is 67.5 Å².